The maximum Gasteiger partial charge on any atom is 0.349 e. The standard InChI is InChI=1S/C10H18N4O/c1-6(10(2,3)4)5-7-12-8(11)14-9(15)13-7/h6H,5H2,1-4H3,(H3,11,12,13,14,15). The SMILES string of the molecule is CC(Cc1nc(N)nc(=O)[nH]1)C(C)(C)C. The molecule has 0 radical (unpaired) electrons. The van der Waals surface area contributed by atoms with Crippen LogP contribution in [0, 0.1) is 11.3 Å². The number of anilines is 1. The van der Waals surface area contributed by atoms with Crippen LogP contribution in [0.3, 0.4) is 0 Å². The molecule has 1 unspecified atom stereocenters. The van der Waals surface area contributed by atoms with Gasteiger partial charge in [0, 0.05) is 6.42 Å². The van der Waals surface area contributed by atoms with Crippen LogP contribution < -0.4 is 11.4 Å². The summed E-state index contributed by atoms with van der Waals surface area (Å²) in [5, 5.41) is 0. The summed E-state index contributed by atoms with van der Waals surface area (Å²) < 4.78 is 0. The molecule has 3 N–H and O–H groups in total. The van der Waals surface area contributed by atoms with Crippen LogP contribution in [-0.2, 0) is 6.42 Å². The molecule has 0 amide bonds. The Hall–Kier alpha value is -1.39. The highest BCUT2D eigenvalue weighted by molar-refractivity contribution is 5.12. The van der Waals surface area contributed by atoms with Gasteiger partial charge >= 0.3 is 5.69 Å². The molecule has 5 heteroatoms. The van der Waals surface area contributed by atoms with Crippen LogP contribution in [0.1, 0.15) is 33.5 Å². The lowest BCUT2D eigenvalue weighted by atomic mass is 9.80. The summed E-state index contributed by atoms with van der Waals surface area (Å²) in [6, 6.07) is 0. The molecule has 1 heterocycles. The Balaban J connectivity index is 2.86. The molecular formula is C10H18N4O. The van der Waals surface area contributed by atoms with E-state index in [2.05, 4.69) is 42.6 Å². The van der Waals surface area contributed by atoms with E-state index in [1.54, 1.807) is 0 Å². The molecule has 84 valence electrons. The molecule has 0 aliphatic heterocycles. The fourth-order valence-electron chi connectivity index (χ4n) is 1.14. The summed E-state index contributed by atoms with van der Waals surface area (Å²) in [7, 11) is 0. The van der Waals surface area contributed by atoms with E-state index < -0.39 is 5.69 Å². The number of nitrogens with two attached hydrogens (primary N) is 1. The van der Waals surface area contributed by atoms with Gasteiger partial charge in [0.05, 0.1) is 0 Å². The second-order valence-electron chi connectivity index (χ2n) is 4.93. The van der Waals surface area contributed by atoms with Gasteiger partial charge in [0.15, 0.2) is 0 Å². The van der Waals surface area contributed by atoms with Crippen molar-refractivity contribution in [2.45, 2.75) is 34.1 Å². The molecule has 1 atom stereocenters. The lowest BCUT2D eigenvalue weighted by Gasteiger charge is -2.26. The third-order valence-corrected chi connectivity index (χ3v) is 2.69. The predicted molar refractivity (Wildman–Crippen MR) is 59.4 cm³/mol. The molecule has 15 heavy (non-hydrogen) atoms. The minimum Gasteiger partial charge on any atom is -0.368 e. The van der Waals surface area contributed by atoms with E-state index in [9.17, 15) is 4.79 Å². The first-order valence-corrected chi connectivity index (χ1v) is 5.02. The largest absolute Gasteiger partial charge is 0.368 e. The average molecular weight is 210 g/mol. The zero-order valence-electron chi connectivity index (χ0n) is 9.66. The lowest BCUT2D eigenvalue weighted by molar-refractivity contribution is 0.256. The highest BCUT2D eigenvalue weighted by atomic mass is 16.1. The summed E-state index contributed by atoms with van der Waals surface area (Å²) in [5.74, 6) is 1.05. The van der Waals surface area contributed by atoms with Crippen LogP contribution in [0.4, 0.5) is 5.95 Å². The Kier molecular flexibility index (Phi) is 3.12. The molecule has 0 fully saturated rings. The molecule has 0 bridgehead atoms. The predicted octanol–water partition coefficient (Wildman–Crippen LogP) is 0.972. The number of aromatic amines is 1. The van der Waals surface area contributed by atoms with Crippen LogP contribution in [0.2, 0.25) is 0 Å². The maximum atomic E-state index is 11.1. The van der Waals surface area contributed by atoms with Gasteiger partial charge in [-0.15, -0.1) is 0 Å². The molecule has 1 aromatic heterocycles. The summed E-state index contributed by atoms with van der Waals surface area (Å²) in [6.45, 7) is 8.58. The molecule has 0 aliphatic carbocycles. The molecule has 0 spiro atoms. The zero-order chi connectivity index (χ0) is 11.6. The van der Waals surface area contributed by atoms with Gasteiger partial charge in [0.1, 0.15) is 5.82 Å². The van der Waals surface area contributed by atoms with Crippen molar-refractivity contribution in [2.75, 3.05) is 5.73 Å². The Labute approximate surface area is 89.1 Å². The number of nitrogen functional groups attached to an aromatic ring is 1. The summed E-state index contributed by atoms with van der Waals surface area (Å²) in [5.41, 5.74) is 5.15. The van der Waals surface area contributed by atoms with E-state index in [1.165, 1.54) is 0 Å². The number of nitrogens with one attached hydrogen (secondary N) is 1. The number of hydrogen-bond donors (Lipinski definition) is 2. The van der Waals surface area contributed by atoms with Gasteiger partial charge in [-0.2, -0.15) is 9.97 Å². The quantitative estimate of drug-likeness (QED) is 0.761. The first-order valence-electron chi connectivity index (χ1n) is 5.02. The van der Waals surface area contributed by atoms with E-state index in [0.29, 0.717) is 18.2 Å². The van der Waals surface area contributed by atoms with Crippen LogP contribution in [0.5, 0.6) is 0 Å². The van der Waals surface area contributed by atoms with Crippen molar-refractivity contribution in [3.8, 4) is 0 Å². The van der Waals surface area contributed by atoms with Gasteiger partial charge < -0.3 is 5.73 Å². The minimum absolute atomic E-state index is 0.0369. The third-order valence-electron chi connectivity index (χ3n) is 2.69. The highest BCUT2D eigenvalue weighted by Crippen LogP contribution is 2.27. The Bertz CT molecular complexity index is 391. The van der Waals surface area contributed by atoms with Crippen molar-refractivity contribution in [1.29, 1.82) is 0 Å². The van der Waals surface area contributed by atoms with E-state index in [1.807, 2.05) is 0 Å². The molecule has 0 saturated carbocycles. The topological polar surface area (TPSA) is 84.7 Å². The Morgan fingerprint density at radius 1 is 1.40 bits per heavy atom. The van der Waals surface area contributed by atoms with Crippen molar-refractivity contribution in [3.63, 3.8) is 0 Å². The van der Waals surface area contributed by atoms with Crippen molar-refractivity contribution >= 4 is 5.95 Å². The van der Waals surface area contributed by atoms with Crippen LogP contribution in [-0.4, -0.2) is 15.0 Å². The maximum absolute atomic E-state index is 11.1. The minimum atomic E-state index is -0.432. The number of nitrogens with zero attached hydrogens (tertiary/aromatic N) is 2. The number of H-pyrrole nitrogens is 1. The van der Waals surface area contributed by atoms with Crippen molar-refractivity contribution in [2.24, 2.45) is 11.3 Å². The second-order valence-corrected chi connectivity index (χ2v) is 4.93. The van der Waals surface area contributed by atoms with Gasteiger partial charge in [0.2, 0.25) is 5.95 Å². The Morgan fingerprint density at radius 3 is 2.47 bits per heavy atom. The lowest BCUT2D eigenvalue weighted by Crippen LogP contribution is -2.24. The first kappa shape index (κ1) is 11.7. The van der Waals surface area contributed by atoms with Crippen molar-refractivity contribution < 1.29 is 0 Å². The fourth-order valence-corrected chi connectivity index (χ4v) is 1.14. The molecule has 0 aliphatic rings. The normalized spacial score (nSPS) is 13.9. The monoisotopic (exact) mass is 210 g/mol. The number of hydrogen-bond acceptors (Lipinski definition) is 4. The van der Waals surface area contributed by atoms with Crippen LogP contribution in [0.15, 0.2) is 4.79 Å². The molecule has 5 nitrogen and oxygen atoms in total. The summed E-state index contributed by atoms with van der Waals surface area (Å²) in [6.07, 6.45) is 0.700. The number of aromatic nitrogens is 3. The first-order chi connectivity index (χ1) is 6.79. The molecular weight excluding hydrogens is 192 g/mol. The van der Waals surface area contributed by atoms with E-state index >= 15 is 0 Å². The third kappa shape index (κ3) is 3.34. The highest BCUT2D eigenvalue weighted by Gasteiger charge is 2.21. The van der Waals surface area contributed by atoms with Gasteiger partial charge in [-0.25, -0.2) is 4.79 Å². The summed E-state index contributed by atoms with van der Waals surface area (Å²) in [4.78, 5) is 21.1. The smallest absolute Gasteiger partial charge is 0.349 e. The van der Waals surface area contributed by atoms with Gasteiger partial charge in [-0.05, 0) is 11.3 Å². The molecule has 0 aromatic carbocycles. The van der Waals surface area contributed by atoms with Crippen LogP contribution >= 0.6 is 0 Å². The van der Waals surface area contributed by atoms with Gasteiger partial charge in [0.25, 0.3) is 0 Å². The van der Waals surface area contributed by atoms with E-state index in [4.69, 9.17) is 5.73 Å². The second kappa shape index (κ2) is 4.00. The van der Waals surface area contributed by atoms with Gasteiger partial charge in [-0.3, -0.25) is 4.98 Å². The zero-order valence-corrected chi connectivity index (χ0v) is 9.66. The van der Waals surface area contributed by atoms with Crippen molar-refractivity contribution in [3.05, 3.63) is 16.3 Å². The Morgan fingerprint density at radius 2 is 2.00 bits per heavy atom. The molecule has 0 saturated heterocycles. The summed E-state index contributed by atoms with van der Waals surface area (Å²) >= 11 is 0. The van der Waals surface area contributed by atoms with Crippen molar-refractivity contribution in [1.82, 2.24) is 15.0 Å². The molecule has 1 aromatic rings. The van der Waals surface area contributed by atoms with Crippen LogP contribution in [0.25, 0.3) is 0 Å². The average Bonchev–Trinajstić information content (AvgIpc) is 1.99. The fraction of sp³-hybridized carbons (Fsp3) is 0.700. The van der Waals surface area contributed by atoms with E-state index in [0.717, 1.165) is 0 Å². The molecule has 1 rings (SSSR count). The van der Waals surface area contributed by atoms with Gasteiger partial charge in [-0.1, -0.05) is 27.7 Å². The van der Waals surface area contributed by atoms with E-state index in [-0.39, 0.29) is 11.4 Å². The number of rotatable bonds is 2.